The lowest BCUT2D eigenvalue weighted by atomic mass is 9.96. The van der Waals surface area contributed by atoms with Gasteiger partial charge in [0.15, 0.2) is 0 Å². The average Bonchev–Trinajstić information content (AvgIpc) is 3.33. The summed E-state index contributed by atoms with van der Waals surface area (Å²) in [6.45, 7) is 4.74. The Morgan fingerprint density at radius 1 is 1.19 bits per heavy atom. The summed E-state index contributed by atoms with van der Waals surface area (Å²) in [5.74, 6) is 2.49. The second kappa shape index (κ2) is 8.17. The van der Waals surface area contributed by atoms with E-state index in [4.69, 9.17) is 0 Å². The number of likely N-dealkylation sites (tertiary alicyclic amines) is 2. The van der Waals surface area contributed by atoms with Crippen LogP contribution in [0.5, 0.6) is 0 Å². The lowest BCUT2D eigenvalue weighted by molar-refractivity contribution is -0.131. The molecule has 2 aliphatic heterocycles. The van der Waals surface area contributed by atoms with Crippen LogP contribution < -0.4 is 0 Å². The zero-order valence-corrected chi connectivity index (χ0v) is 16.0. The molecule has 2 aliphatic rings. The van der Waals surface area contributed by atoms with Gasteiger partial charge in [-0.05, 0) is 50.4 Å². The quantitative estimate of drug-likeness (QED) is 0.804. The van der Waals surface area contributed by atoms with Crippen molar-refractivity contribution in [3.05, 3.63) is 41.7 Å². The molecule has 4 rings (SSSR count). The lowest BCUT2D eigenvalue weighted by Gasteiger charge is -2.32. The topological polar surface area (TPSA) is 67.2 Å². The van der Waals surface area contributed by atoms with Crippen LogP contribution in [0.25, 0.3) is 0 Å². The van der Waals surface area contributed by atoms with Crippen LogP contribution >= 0.6 is 0 Å². The molecule has 7 heteroatoms. The smallest absolute Gasteiger partial charge is 0.227 e. The number of aromatic nitrogens is 4. The molecule has 2 aromatic heterocycles. The Morgan fingerprint density at radius 3 is 2.81 bits per heavy atom. The average molecular weight is 368 g/mol. The minimum Gasteiger partial charge on any atom is -0.342 e. The first-order valence-electron chi connectivity index (χ1n) is 9.98. The van der Waals surface area contributed by atoms with Gasteiger partial charge in [0.05, 0.1) is 13.0 Å². The maximum atomic E-state index is 12.7. The molecule has 2 aromatic rings. The molecular formula is C20H28N6O. The molecule has 0 radical (unpaired) electrons. The van der Waals surface area contributed by atoms with Gasteiger partial charge in [-0.1, -0.05) is 6.07 Å². The van der Waals surface area contributed by atoms with Gasteiger partial charge in [-0.25, -0.2) is 0 Å². The van der Waals surface area contributed by atoms with Crippen molar-refractivity contribution in [2.45, 2.75) is 44.6 Å². The number of carbonyl (C=O) groups excluding carboxylic acids is 1. The highest BCUT2D eigenvalue weighted by Gasteiger charge is 2.28. The highest BCUT2D eigenvalue weighted by atomic mass is 16.2. The predicted octanol–water partition coefficient (Wildman–Crippen LogP) is 1.75. The Bertz CT molecular complexity index is 768. The fourth-order valence-electron chi connectivity index (χ4n) is 4.21. The number of nitrogens with zero attached hydrogens (tertiary/aromatic N) is 6. The van der Waals surface area contributed by atoms with Crippen molar-refractivity contribution >= 4 is 5.91 Å². The Morgan fingerprint density at radius 2 is 2.04 bits per heavy atom. The molecule has 0 saturated carbocycles. The maximum Gasteiger partial charge on any atom is 0.227 e. The van der Waals surface area contributed by atoms with Gasteiger partial charge in [-0.15, -0.1) is 10.2 Å². The molecule has 1 amide bonds. The van der Waals surface area contributed by atoms with Crippen molar-refractivity contribution < 1.29 is 4.79 Å². The van der Waals surface area contributed by atoms with E-state index in [2.05, 4.69) is 31.7 Å². The molecule has 0 aliphatic carbocycles. The van der Waals surface area contributed by atoms with E-state index < -0.39 is 0 Å². The maximum absolute atomic E-state index is 12.7. The SMILES string of the molecule is Cn1c(CN2CCCC2)nnc1[C@H]1CCCN(C(=O)Cc2cccnc2)C1. The highest BCUT2D eigenvalue weighted by molar-refractivity contribution is 5.78. The molecule has 7 nitrogen and oxygen atoms in total. The van der Waals surface area contributed by atoms with Crippen LogP contribution in [-0.2, 0) is 24.8 Å². The Kier molecular flexibility index (Phi) is 5.48. The van der Waals surface area contributed by atoms with Gasteiger partial charge in [0.1, 0.15) is 11.6 Å². The number of rotatable bonds is 5. The third-order valence-corrected chi connectivity index (χ3v) is 5.78. The number of carbonyl (C=O) groups is 1. The minimum atomic E-state index is 0.173. The first-order valence-corrected chi connectivity index (χ1v) is 9.98. The van der Waals surface area contributed by atoms with E-state index in [1.807, 2.05) is 17.0 Å². The van der Waals surface area contributed by atoms with Crippen molar-refractivity contribution in [3.8, 4) is 0 Å². The second-order valence-corrected chi connectivity index (χ2v) is 7.73. The summed E-state index contributed by atoms with van der Waals surface area (Å²) in [7, 11) is 2.07. The highest BCUT2D eigenvalue weighted by Crippen LogP contribution is 2.26. The van der Waals surface area contributed by atoms with Gasteiger partial charge in [0, 0.05) is 38.4 Å². The van der Waals surface area contributed by atoms with E-state index >= 15 is 0 Å². The van der Waals surface area contributed by atoms with Gasteiger partial charge in [0.2, 0.25) is 5.91 Å². The summed E-state index contributed by atoms with van der Waals surface area (Å²) >= 11 is 0. The first kappa shape index (κ1) is 18.1. The van der Waals surface area contributed by atoms with Crippen molar-refractivity contribution in [1.29, 1.82) is 0 Å². The van der Waals surface area contributed by atoms with Crippen LogP contribution in [0.15, 0.2) is 24.5 Å². The molecule has 0 unspecified atom stereocenters. The molecular weight excluding hydrogens is 340 g/mol. The normalized spacial score (nSPS) is 20.9. The third-order valence-electron chi connectivity index (χ3n) is 5.78. The van der Waals surface area contributed by atoms with Gasteiger partial charge >= 0.3 is 0 Å². The molecule has 1 atom stereocenters. The largest absolute Gasteiger partial charge is 0.342 e. The van der Waals surface area contributed by atoms with Crippen LogP contribution in [0.4, 0.5) is 0 Å². The molecule has 0 aromatic carbocycles. The number of amides is 1. The molecule has 0 bridgehead atoms. The lowest BCUT2D eigenvalue weighted by Crippen LogP contribution is -2.40. The summed E-state index contributed by atoms with van der Waals surface area (Å²) in [4.78, 5) is 21.2. The van der Waals surface area contributed by atoms with Crippen LogP contribution in [-0.4, -0.2) is 61.6 Å². The molecule has 2 fully saturated rings. The Balaban J connectivity index is 1.40. The van der Waals surface area contributed by atoms with Gasteiger partial charge in [0.25, 0.3) is 0 Å². The van der Waals surface area contributed by atoms with E-state index in [9.17, 15) is 4.79 Å². The minimum absolute atomic E-state index is 0.173. The van der Waals surface area contributed by atoms with Gasteiger partial charge in [-0.2, -0.15) is 0 Å². The van der Waals surface area contributed by atoms with Gasteiger partial charge in [-0.3, -0.25) is 14.7 Å². The zero-order valence-electron chi connectivity index (χ0n) is 16.0. The van der Waals surface area contributed by atoms with E-state index in [-0.39, 0.29) is 11.8 Å². The van der Waals surface area contributed by atoms with Crippen LogP contribution in [0.1, 0.15) is 48.8 Å². The number of hydrogen-bond acceptors (Lipinski definition) is 5. The fourth-order valence-corrected chi connectivity index (χ4v) is 4.21. The van der Waals surface area contributed by atoms with Crippen LogP contribution in [0.2, 0.25) is 0 Å². The molecule has 27 heavy (non-hydrogen) atoms. The molecule has 0 N–H and O–H groups in total. The standard InChI is InChI=1S/C20H28N6O/c1-24-18(15-25-9-2-3-10-25)22-23-20(24)17-7-5-11-26(14-17)19(27)12-16-6-4-8-21-13-16/h4,6,8,13,17H,2-3,5,7,9-12,14-15H2,1H3/t17-/m0/s1. The van der Waals surface area contributed by atoms with Crippen molar-refractivity contribution in [2.75, 3.05) is 26.2 Å². The molecule has 0 spiro atoms. The summed E-state index contributed by atoms with van der Waals surface area (Å²) in [5.41, 5.74) is 0.969. The summed E-state index contributed by atoms with van der Waals surface area (Å²) in [5, 5.41) is 8.95. The zero-order chi connectivity index (χ0) is 18.6. The van der Waals surface area contributed by atoms with Gasteiger partial charge < -0.3 is 9.47 Å². The molecule has 2 saturated heterocycles. The van der Waals surface area contributed by atoms with Crippen molar-refractivity contribution in [3.63, 3.8) is 0 Å². The summed E-state index contributed by atoms with van der Waals surface area (Å²) in [6, 6.07) is 3.84. The third kappa shape index (κ3) is 4.18. The summed E-state index contributed by atoms with van der Waals surface area (Å²) in [6.07, 6.45) is 8.55. The Hall–Kier alpha value is -2.28. The number of hydrogen-bond donors (Lipinski definition) is 0. The van der Waals surface area contributed by atoms with E-state index in [1.54, 1.807) is 12.4 Å². The molecule has 144 valence electrons. The first-order chi connectivity index (χ1) is 13.2. The van der Waals surface area contributed by atoms with Crippen LogP contribution in [0, 0.1) is 0 Å². The molecule has 4 heterocycles. The van der Waals surface area contributed by atoms with E-state index in [1.165, 1.54) is 12.8 Å². The number of piperidine rings is 1. The predicted molar refractivity (Wildman–Crippen MR) is 102 cm³/mol. The van der Waals surface area contributed by atoms with Crippen molar-refractivity contribution in [1.82, 2.24) is 29.5 Å². The fraction of sp³-hybridized carbons (Fsp3) is 0.600. The van der Waals surface area contributed by atoms with E-state index in [0.717, 1.165) is 62.8 Å². The second-order valence-electron chi connectivity index (χ2n) is 7.73. The van der Waals surface area contributed by atoms with Crippen LogP contribution in [0.3, 0.4) is 0 Å². The monoisotopic (exact) mass is 368 g/mol. The Labute approximate surface area is 160 Å². The van der Waals surface area contributed by atoms with E-state index in [0.29, 0.717) is 6.42 Å². The van der Waals surface area contributed by atoms with Crippen molar-refractivity contribution in [2.24, 2.45) is 7.05 Å². The number of pyridine rings is 1. The summed E-state index contributed by atoms with van der Waals surface area (Å²) < 4.78 is 2.15.